The standard InChI is InChI=1S/C24H26N4O3/c25-21(29)18-10-26-28-11-17(16-4-2-1-3-5-16)6-19(28)20(18)27-22-7-15-8-23(30,12-22)14-24(31,9-15)13-22/h1-6,10-11,15,27,30-31H,7-9,12-14H2,(H2,25,29). The molecule has 0 saturated heterocycles. The van der Waals surface area contributed by atoms with E-state index in [9.17, 15) is 15.0 Å². The van der Waals surface area contributed by atoms with Crippen LogP contribution >= 0.6 is 0 Å². The summed E-state index contributed by atoms with van der Waals surface area (Å²) < 4.78 is 1.75. The highest BCUT2D eigenvalue weighted by Crippen LogP contribution is 2.60. The third-order valence-electron chi connectivity index (χ3n) is 7.41. The molecule has 4 bridgehead atoms. The molecule has 4 saturated carbocycles. The van der Waals surface area contributed by atoms with Gasteiger partial charge in [0.2, 0.25) is 0 Å². The minimum Gasteiger partial charge on any atom is -0.390 e. The molecule has 5 N–H and O–H groups in total. The number of benzene rings is 1. The van der Waals surface area contributed by atoms with Crippen molar-refractivity contribution >= 4 is 17.1 Å². The SMILES string of the molecule is NC(=O)c1cnn2cc(-c3ccccc3)cc2c1NC12CC3CC(O)(CC(O)(C3)C1)C2. The maximum absolute atomic E-state index is 12.3. The predicted octanol–water partition coefficient (Wildman–Crippen LogP) is 2.71. The summed E-state index contributed by atoms with van der Waals surface area (Å²) in [6, 6.07) is 12.0. The summed E-state index contributed by atoms with van der Waals surface area (Å²) in [4.78, 5) is 12.3. The van der Waals surface area contributed by atoms with Gasteiger partial charge in [0, 0.05) is 23.7 Å². The van der Waals surface area contributed by atoms with Crippen molar-refractivity contribution in [3.05, 3.63) is 54.4 Å². The lowest BCUT2D eigenvalue weighted by Crippen LogP contribution is -2.68. The van der Waals surface area contributed by atoms with Crippen LogP contribution in [-0.2, 0) is 0 Å². The van der Waals surface area contributed by atoms with Gasteiger partial charge in [0.15, 0.2) is 0 Å². The molecular formula is C24H26N4O3. The quantitative estimate of drug-likeness (QED) is 0.520. The van der Waals surface area contributed by atoms with Crippen molar-refractivity contribution in [1.82, 2.24) is 9.61 Å². The van der Waals surface area contributed by atoms with Crippen LogP contribution < -0.4 is 11.1 Å². The van der Waals surface area contributed by atoms with Gasteiger partial charge in [0.05, 0.1) is 34.2 Å². The Morgan fingerprint density at radius 1 is 1.06 bits per heavy atom. The van der Waals surface area contributed by atoms with E-state index in [2.05, 4.69) is 10.4 Å². The largest absolute Gasteiger partial charge is 0.390 e. The molecule has 160 valence electrons. The van der Waals surface area contributed by atoms with E-state index in [0.717, 1.165) is 35.9 Å². The Bertz CT molecular complexity index is 1190. The highest BCUT2D eigenvalue weighted by Gasteiger charge is 2.63. The van der Waals surface area contributed by atoms with E-state index in [0.29, 0.717) is 30.5 Å². The number of nitrogens with zero attached hydrogens (tertiary/aromatic N) is 2. The highest BCUT2D eigenvalue weighted by molar-refractivity contribution is 6.02. The van der Waals surface area contributed by atoms with Crippen LogP contribution in [0.3, 0.4) is 0 Å². The summed E-state index contributed by atoms with van der Waals surface area (Å²) in [5, 5.41) is 30.3. The van der Waals surface area contributed by atoms with Crippen molar-refractivity contribution in [2.45, 2.75) is 55.3 Å². The van der Waals surface area contributed by atoms with Gasteiger partial charge >= 0.3 is 0 Å². The zero-order valence-electron chi connectivity index (χ0n) is 17.2. The summed E-state index contributed by atoms with van der Waals surface area (Å²) >= 11 is 0. The van der Waals surface area contributed by atoms with Crippen molar-refractivity contribution in [2.75, 3.05) is 5.32 Å². The van der Waals surface area contributed by atoms with Crippen LogP contribution in [0, 0.1) is 5.92 Å². The van der Waals surface area contributed by atoms with E-state index in [4.69, 9.17) is 5.73 Å². The van der Waals surface area contributed by atoms with E-state index in [-0.39, 0.29) is 5.92 Å². The number of amides is 1. The first-order valence-corrected chi connectivity index (χ1v) is 10.9. The van der Waals surface area contributed by atoms with Crippen LogP contribution in [0.15, 0.2) is 48.8 Å². The molecule has 3 aromatic rings. The second kappa shape index (κ2) is 6.08. The molecule has 7 heteroatoms. The number of carbonyl (C=O) groups excluding carboxylic acids is 1. The molecule has 0 aliphatic heterocycles. The molecule has 7 nitrogen and oxygen atoms in total. The van der Waals surface area contributed by atoms with Gasteiger partial charge in [-0.15, -0.1) is 0 Å². The molecule has 4 fully saturated rings. The summed E-state index contributed by atoms with van der Waals surface area (Å²) in [5.74, 6) is -0.289. The van der Waals surface area contributed by atoms with E-state index >= 15 is 0 Å². The molecule has 1 aromatic carbocycles. The van der Waals surface area contributed by atoms with Crippen LogP contribution in [0.2, 0.25) is 0 Å². The fourth-order valence-corrected chi connectivity index (χ4v) is 6.90. The molecule has 2 heterocycles. The fraction of sp³-hybridized carbons (Fsp3) is 0.417. The Kier molecular flexibility index (Phi) is 3.69. The Hall–Kier alpha value is -2.90. The van der Waals surface area contributed by atoms with Crippen LogP contribution in [0.5, 0.6) is 0 Å². The zero-order chi connectivity index (χ0) is 21.4. The fourth-order valence-electron chi connectivity index (χ4n) is 6.90. The van der Waals surface area contributed by atoms with Crippen molar-refractivity contribution in [3.8, 4) is 11.1 Å². The number of nitrogens with one attached hydrogen (secondary N) is 1. The van der Waals surface area contributed by atoms with E-state index in [1.807, 2.05) is 42.6 Å². The Balaban J connectivity index is 1.48. The monoisotopic (exact) mass is 418 g/mol. The summed E-state index contributed by atoms with van der Waals surface area (Å²) in [6.45, 7) is 0. The number of hydrogen-bond acceptors (Lipinski definition) is 5. The van der Waals surface area contributed by atoms with Gasteiger partial charge in [-0.2, -0.15) is 5.10 Å². The maximum atomic E-state index is 12.3. The Labute approximate surface area is 179 Å². The Morgan fingerprint density at radius 2 is 1.77 bits per heavy atom. The van der Waals surface area contributed by atoms with Gasteiger partial charge in [-0.3, -0.25) is 4.79 Å². The second-order valence-corrected chi connectivity index (χ2v) is 10.1. The first kappa shape index (κ1) is 18.8. The van der Waals surface area contributed by atoms with Crippen LogP contribution in [-0.4, -0.2) is 42.5 Å². The van der Waals surface area contributed by atoms with Crippen LogP contribution in [0.1, 0.15) is 48.9 Å². The average molecular weight is 418 g/mol. The summed E-state index contributed by atoms with van der Waals surface area (Å²) in [5.41, 5.74) is 7.24. The number of fused-ring (bicyclic) bond motifs is 1. The lowest BCUT2D eigenvalue weighted by molar-refractivity contribution is -0.200. The van der Waals surface area contributed by atoms with E-state index in [1.165, 1.54) is 6.20 Å². The molecule has 2 unspecified atom stereocenters. The third kappa shape index (κ3) is 2.95. The number of aliphatic hydroxyl groups is 2. The number of aromatic nitrogens is 2. The summed E-state index contributed by atoms with van der Waals surface area (Å²) in [7, 11) is 0. The molecule has 2 aromatic heterocycles. The zero-order valence-corrected chi connectivity index (χ0v) is 17.2. The van der Waals surface area contributed by atoms with Crippen molar-refractivity contribution in [1.29, 1.82) is 0 Å². The lowest BCUT2D eigenvalue weighted by Gasteiger charge is -2.63. The number of primary amides is 1. The minimum absolute atomic E-state index is 0.264. The topological polar surface area (TPSA) is 113 Å². The van der Waals surface area contributed by atoms with Crippen LogP contribution in [0.4, 0.5) is 5.69 Å². The van der Waals surface area contributed by atoms with Gasteiger partial charge in [-0.05, 0) is 49.7 Å². The predicted molar refractivity (Wildman–Crippen MR) is 117 cm³/mol. The first-order chi connectivity index (χ1) is 14.8. The average Bonchev–Trinajstić information content (AvgIpc) is 3.10. The molecule has 2 atom stereocenters. The molecule has 4 aliphatic rings. The van der Waals surface area contributed by atoms with Gasteiger partial charge in [-0.25, -0.2) is 4.52 Å². The van der Waals surface area contributed by atoms with Crippen molar-refractivity contribution in [3.63, 3.8) is 0 Å². The number of carbonyl (C=O) groups is 1. The van der Waals surface area contributed by atoms with Gasteiger partial charge in [0.25, 0.3) is 5.91 Å². The number of hydrogen-bond donors (Lipinski definition) is 4. The smallest absolute Gasteiger partial charge is 0.252 e. The molecular weight excluding hydrogens is 392 g/mol. The minimum atomic E-state index is -0.867. The molecule has 0 spiro atoms. The molecule has 31 heavy (non-hydrogen) atoms. The lowest BCUT2D eigenvalue weighted by atomic mass is 9.49. The van der Waals surface area contributed by atoms with Crippen molar-refractivity contribution in [2.24, 2.45) is 11.7 Å². The van der Waals surface area contributed by atoms with Crippen LogP contribution in [0.25, 0.3) is 16.6 Å². The number of nitrogens with two attached hydrogens (primary N) is 1. The first-order valence-electron chi connectivity index (χ1n) is 10.9. The number of anilines is 1. The summed E-state index contributed by atoms with van der Waals surface area (Å²) in [6.07, 6.45) is 7.29. The Morgan fingerprint density at radius 3 is 2.42 bits per heavy atom. The van der Waals surface area contributed by atoms with Gasteiger partial charge < -0.3 is 21.3 Å². The van der Waals surface area contributed by atoms with E-state index < -0.39 is 22.6 Å². The second-order valence-electron chi connectivity index (χ2n) is 10.1. The highest BCUT2D eigenvalue weighted by atomic mass is 16.3. The molecule has 0 radical (unpaired) electrons. The maximum Gasteiger partial charge on any atom is 0.252 e. The normalized spacial score (nSPS) is 33.7. The third-order valence-corrected chi connectivity index (χ3v) is 7.41. The van der Waals surface area contributed by atoms with E-state index in [1.54, 1.807) is 4.52 Å². The number of rotatable bonds is 4. The van der Waals surface area contributed by atoms with Gasteiger partial charge in [0.1, 0.15) is 0 Å². The van der Waals surface area contributed by atoms with Gasteiger partial charge in [-0.1, -0.05) is 30.3 Å². The molecule has 1 amide bonds. The van der Waals surface area contributed by atoms with Crippen molar-refractivity contribution < 1.29 is 15.0 Å². The molecule has 7 rings (SSSR count). The molecule has 4 aliphatic carbocycles.